The first-order chi connectivity index (χ1) is 10.3. The smallest absolute Gasteiger partial charge is 0.123 e. The molecule has 2 aromatic carbocycles. The van der Waals surface area contributed by atoms with Gasteiger partial charge in [0.15, 0.2) is 0 Å². The van der Waals surface area contributed by atoms with E-state index in [0.717, 1.165) is 19.5 Å². The molecule has 21 heavy (non-hydrogen) atoms. The Morgan fingerprint density at radius 3 is 2.48 bits per heavy atom. The van der Waals surface area contributed by atoms with E-state index < -0.39 is 0 Å². The zero-order valence-electron chi connectivity index (χ0n) is 11.8. The van der Waals surface area contributed by atoms with Gasteiger partial charge in [0.25, 0.3) is 0 Å². The Hall–Kier alpha value is -2.18. The third-order valence-electron chi connectivity index (χ3n) is 4.09. The van der Waals surface area contributed by atoms with E-state index in [4.69, 9.17) is 5.26 Å². The van der Waals surface area contributed by atoms with Crippen molar-refractivity contribution in [3.05, 3.63) is 71.0 Å². The van der Waals surface area contributed by atoms with Crippen LogP contribution >= 0.6 is 0 Å². The quantitative estimate of drug-likeness (QED) is 0.848. The van der Waals surface area contributed by atoms with Gasteiger partial charge in [-0.05, 0) is 54.8 Å². The first kappa shape index (κ1) is 13.8. The maximum atomic E-state index is 13.0. The van der Waals surface area contributed by atoms with Crippen molar-refractivity contribution in [3.8, 4) is 6.07 Å². The molecule has 106 valence electrons. The lowest BCUT2D eigenvalue weighted by molar-refractivity contribution is 0.248. The van der Waals surface area contributed by atoms with Crippen LogP contribution in [0.1, 0.15) is 35.6 Å². The Kier molecular flexibility index (Phi) is 3.98. The molecule has 0 amide bonds. The summed E-state index contributed by atoms with van der Waals surface area (Å²) in [4.78, 5) is 2.43. The molecule has 3 rings (SSSR count). The molecule has 0 saturated carbocycles. The molecule has 1 aliphatic heterocycles. The lowest BCUT2D eigenvalue weighted by Crippen LogP contribution is -2.22. The maximum Gasteiger partial charge on any atom is 0.123 e. The number of hydrogen-bond donors (Lipinski definition) is 0. The van der Waals surface area contributed by atoms with Crippen molar-refractivity contribution >= 4 is 0 Å². The van der Waals surface area contributed by atoms with E-state index in [1.165, 1.54) is 29.7 Å². The van der Waals surface area contributed by atoms with Gasteiger partial charge in [0.05, 0.1) is 11.6 Å². The van der Waals surface area contributed by atoms with E-state index in [1.54, 1.807) is 0 Å². The summed E-state index contributed by atoms with van der Waals surface area (Å²) >= 11 is 0. The molecule has 0 aromatic heterocycles. The second-order valence-corrected chi connectivity index (χ2v) is 5.49. The zero-order valence-corrected chi connectivity index (χ0v) is 11.8. The van der Waals surface area contributed by atoms with Crippen LogP contribution in [0.3, 0.4) is 0 Å². The summed E-state index contributed by atoms with van der Waals surface area (Å²) in [5.41, 5.74) is 3.08. The van der Waals surface area contributed by atoms with E-state index >= 15 is 0 Å². The van der Waals surface area contributed by atoms with Gasteiger partial charge in [-0.1, -0.05) is 24.3 Å². The van der Waals surface area contributed by atoms with Crippen LogP contribution in [-0.2, 0) is 6.54 Å². The summed E-state index contributed by atoms with van der Waals surface area (Å²) in [6.07, 6.45) is 2.28. The molecule has 1 atom stereocenters. The first-order valence-corrected chi connectivity index (χ1v) is 7.25. The van der Waals surface area contributed by atoms with E-state index in [0.29, 0.717) is 11.6 Å². The van der Waals surface area contributed by atoms with Gasteiger partial charge in [-0.3, -0.25) is 4.90 Å². The van der Waals surface area contributed by atoms with Crippen LogP contribution in [-0.4, -0.2) is 11.4 Å². The first-order valence-electron chi connectivity index (χ1n) is 7.25. The van der Waals surface area contributed by atoms with Crippen molar-refractivity contribution in [2.45, 2.75) is 25.4 Å². The van der Waals surface area contributed by atoms with Crippen molar-refractivity contribution < 1.29 is 4.39 Å². The molecule has 1 saturated heterocycles. The van der Waals surface area contributed by atoms with Gasteiger partial charge in [0.2, 0.25) is 0 Å². The Bertz CT molecular complexity index is 640. The Morgan fingerprint density at radius 1 is 1.10 bits per heavy atom. The predicted octanol–water partition coefficient (Wildman–Crippen LogP) is 4.03. The number of rotatable bonds is 3. The SMILES string of the molecule is N#Cc1ccc(CN2CCCC2c2ccc(F)cc2)cc1. The van der Waals surface area contributed by atoms with Gasteiger partial charge in [0, 0.05) is 12.6 Å². The normalized spacial score (nSPS) is 18.6. The summed E-state index contributed by atoms with van der Waals surface area (Å²) in [6.45, 7) is 1.93. The maximum absolute atomic E-state index is 13.0. The molecule has 0 bridgehead atoms. The number of nitriles is 1. The minimum atomic E-state index is -0.185. The second kappa shape index (κ2) is 6.07. The third kappa shape index (κ3) is 3.12. The predicted molar refractivity (Wildman–Crippen MR) is 79.9 cm³/mol. The van der Waals surface area contributed by atoms with E-state index in [9.17, 15) is 4.39 Å². The molecule has 0 radical (unpaired) electrons. The summed E-state index contributed by atoms with van der Waals surface area (Å²) in [5.74, 6) is -0.185. The van der Waals surface area contributed by atoms with Crippen molar-refractivity contribution in [1.82, 2.24) is 4.90 Å². The molecule has 2 nitrogen and oxygen atoms in total. The van der Waals surface area contributed by atoms with Gasteiger partial charge in [-0.2, -0.15) is 5.26 Å². The van der Waals surface area contributed by atoms with Crippen LogP contribution in [0.4, 0.5) is 4.39 Å². The molecule has 0 aliphatic carbocycles. The number of likely N-dealkylation sites (tertiary alicyclic amines) is 1. The van der Waals surface area contributed by atoms with E-state index in [-0.39, 0.29) is 5.82 Å². The molecule has 0 N–H and O–H groups in total. The van der Waals surface area contributed by atoms with Gasteiger partial charge >= 0.3 is 0 Å². The summed E-state index contributed by atoms with van der Waals surface area (Å²) < 4.78 is 13.0. The minimum absolute atomic E-state index is 0.185. The highest BCUT2D eigenvalue weighted by atomic mass is 19.1. The standard InChI is InChI=1S/C18H17FN2/c19-17-9-7-16(8-10-17)18-2-1-11-21(18)13-15-5-3-14(12-20)4-6-15/h3-10,18H,1-2,11,13H2. The molecule has 0 spiro atoms. The molecule has 3 heteroatoms. The highest BCUT2D eigenvalue weighted by Gasteiger charge is 2.25. The fraction of sp³-hybridized carbons (Fsp3) is 0.278. The minimum Gasteiger partial charge on any atom is -0.292 e. The highest BCUT2D eigenvalue weighted by molar-refractivity contribution is 5.31. The fourth-order valence-electron chi connectivity index (χ4n) is 3.00. The van der Waals surface area contributed by atoms with Crippen molar-refractivity contribution in [3.63, 3.8) is 0 Å². The van der Waals surface area contributed by atoms with Crippen molar-refractivity contribution in [2.75, 3.05) is 6.54 Å². The van der Waals surface area contributed by atoms with Crippen LogP contribution < -0.4 is 0 Å². The number of hydrogen-bond acceptors (Lipinski definition) is 2. The molecule has 2 aromatic rings. The van der Waals surface area contributed by atoms with Gasteiger partial charge in [-0.25, -0.2) is 4.39 Å². The number of benzene rings is 2. The van der Waals surface area contributed by atoms with Crippen LogP contribution in [0, 0.1) is 17.1 Å². The Labute approximate surface area is 124 Å². The second-order valence-electron chi connectivity index (χ2n) is 5.49. The summed E-state index contributed by atoms with van der Waals surface area (Å²) in [5, 5.41) is 8.83. The lowest BCUT2D eigenvalue weighted by Gasteiger charge is -2.25. The average molecular weight is 280 g/mol. The molecular weight excluding hydrogens is 263 g/mol. The highest BCUT2D eigenvalue weighted by Crippen LogP contribution is 2.33. The van der Waals surface area contributed by atoms with E-state index in [2.05, 4.69) is 11.0 Å². The summed E-state index contributed by atoms with van der Waals surface area (Å²) in [6, 6.07) is 17.1. The van der Waals surface area contributed by atoms with Crippen LogP contribution in [0.5, 0.6) is 0 Å². The lowest BCUT2D eigenvalue weighted by atomic mass is 10.0. The average Bonchev–Trinajstić information content (AvgIpc) is 2.97. The summed E-state index contributed by atoms with van der Waals surface area (Å²) in [7, 11) is 0. The van der Waals surface area contributed by atoms with Gasteiger partial charge in [0.1, 0.15) is 5.82 Å². The molecule has 1 aliphatic rings. The Morgan fingerprint density at radius 2 is 1.81 bits per heavy atom. The van der Waals surface area contributed by atoms with Gasteiger partial charge < -0.3 is 0 Å². The van der Waals surface area contributed by atoms with Crippen LogP contribution in [0.15, 0.2) is 48.5 Å². The Balaban J connectivity index is 1.74. The van der Waals surface area contributed by atoms with E-state index in [1.807, 2.05) is 36.4 Å². The molecular formula is C18H17FN2. The molecule has 1 unspecified atom stereocenters. The van der Waals surface area contributed by atoms with Crippen LogP contribution in [0.2, 0.25) is 0 Å². The third-order valence-corrected chi connectivity index (χ3v) is 4.09. The van der Waals surface area contributed by atoms with Crippen molar-refractivity contribution in [2.24, 2.45) is 0 Å². The molecule has 1 heterocycles. The zero-order chi connectivity index (χ0) is 14.7. The monoisotopic (exact) mass is 280 g/mol. The number of halogens is 1. The number of nitrogens with zero attached hydrogens (tertiary/aromatic N) is 2. The van der Waals surface area contributed by atoms with Gasteiger partial charge in [-0.15, -0.1) is 0 Å². The fourth-order valence-corrected chi connectivity index (χ4v) is 3.00. The van der Waals surface area contributed by atoms with Crippen molar-refractivity contribution in [1.29, 1.82) is 5.26 Å². The molecule has 1 fully saturated rings. The topological polar surface area (TPSA) is 27.0 Å². The largest absolute Gasteiger partial charge is 0.292 e. The van der Waals surface area contributed by atoms with Crippen LogP contribution in [0.25, 0.3) is 0 Å².